The number of rotatable bonds is 26. The molecule has 0 spiro atoms. The first-order valence-corrected chi connectivity index (χ1v) is 45.6. The van der Waals surface area contributed by atoms with Crippen LogP contribution >= 0.6 is 69.6 Å². The summed E-state index contributed by atoms with van der Waals surface area (Å²) in [6.07, 6.45) is 11.4. The second-order valence-electron chi connectivity index (χ2n) is 26.8. The van der Waals surface area contributed by atoms with Gasteiger partial charge in [-0.05, 0) is 175 Å². The van der Waals surface area contributed by atoms with Gasteiger partial charge in [0.1, 0.15) is 52.3 Å². The average molecular weight is 2040 g/mol. The maximum Gasteiger partial charge on any atom is 0.351 e. The summed E-state index contributed by atoms with van der Waals surface area (Å²) in [5, 5.41) is 45.8. The number of aryl methyl sites for hydroxylation is 1. The van der Waals surface area contributed by atoms with Crippen LogP contribution in [0.3, 0.4) is 0 Å². The molecule has 1 aliphatic rings. The molecule has 43 nitrogen and oxygen atoms in total. The highest BCUT2D eigenvalue weighted by Gasteiger charge is 2.23. The molecule has 0 bridgehead atoms. The third-order valence-electron chi connectivity index (χ3n) is 17.6. The van der Waals surface area contributed by atoms with E-state index in [4.69, 9.17) is 86.8 Å². The van der Waals surface area contributed by atoms with Crippen molar-refractivity contribution in [3.05, 3.63) is 290 Å². The van der Waals surface area contributed by atoms with Crippen molar-refractivity contribution < 1.29 is 56.3 Å². The van der Waals surface area contributed by atoms with Crippen molar-refractivity contribution in [3.8, 4) is 17.1 Å². The highest BCUT2D eigenvalue weighted by Crippen LogP contribution is 2.35. The van der Waals surface area contributed by atoms with Crippen molar-refractivity contribution in [1.29, 1.82) is 0 Å². The van der Waals surface area contributed by atoms with Crippen molar-refractivity contribution in [3.63, 3.8) is 0 Å². The summed E-state index contributed by atoms with van der Waals surface area (Å²) >= 11 is 35.7. The third kappa shape index (κ3) is 28.7. The highest BCUT2D eigenvalue weighted by atomic mass is 35.5. The molecule has 1 amide bonds. The molecule has 6 heterocycles. The maximum absolute atomic E-state index is 12.9. The van der Waals surface area contributed by atoms with Gasteiger partial charge in [-0.2, -0.15) is 43.4 Å². The van der Waals surface area contributed by atoms with Crippen LogP contribution in [0.1, 0.15) is 66.9 Å². The summed E-state index contributed by atoms with van der Waals surface area (Å²) in [6.45, 7) is 2.17. The zero-order chi connectivity index (χ0) is 95.4. The topological polar surface area (TPSA) is 647 Å². The summed E-state index contributed by atoms with van der Waals surface area (Å²) in [4.78, 5) is 81.4. The normalized spacial score (nSPS) is 11.8. The maximum atomic E-state index is 12.9. The Morgan fingerprint density at radius 2 is 0.807 bits per heavy atom. The summed E-state index contributed by atoms with van der Waals surface area (Å²) in [7, 11) is -17.3. The van der Waals surface area contributed by atoms with E-state index in [1.54, 1.807) is 91.1 Å². The first-order valence-electron chi connectivity index (χ1n) is 37.7. The lowest BCUT2D eigenvalue weighted by molar-refractivity contribution is -0.116. The number of nitrogen functional groups attached to an aromatic ring is 3. The lowest BCUT2D eigenvalue weighted by Crippen LogP contribution is -2.19. The Bertz CT molecular complexity index is 7490. The molecule has 0 atom stereocenters. The number of nitrogens with two attached hydrogens (primary N) is 3. The van der Waals surface area contributed by atoms with Gasteiger partial charge in [0, 0.05) is 34.7 Å². The van der Waals surface area contributed by atoms with Crippen molar-refractivity contribution in [2.24, 2.45) is 35.8 Å². The molecule has 5 aromatic heterocycles. The Morgan fingerprint density at radius 3 is 1.21 bits per heavy atom. The third-order valence-corrected chi connectivity index (χ3v) is 23.2. The van der Waals surface area contributed by atoms with E-state index in [0.29, 0.717) is 60.6 Å². The summed E-state index contributed by atoms with van der Waals surface area (Å²) in [6, 6.07) is 49.3. The molecule has 9 aromatic carbocycles. The Balaban J connectivity index is 0.000000222. The van der Waals surface area contributed by atoms with Gasteiger partial charge in [0.05, 0.1) is 95.3 Å². The van der Waals surface area contributed by atoms with Crippen molar-refractivity contribution >= 4 is 214 Å². The lowest BCUT2D eigenvalue weighted by atomic mass is 10.1. The van der Waals surface area contributed by atoms with Gasteiger partial charge in [-0.1, -0.05) is 156 Å². The summed E-state index contributed by atoms with van der Waals surface area (Å²) in [5.41, 5.74) is 17.3. The monoisotopic (exact) mass is 2040 g/mol. The Morgan fingerprint density at radius 1 is 0.430 bits per heavy atom. The quantitative estimate of drug-likeness (QED) is 0.00791. The first kappa shape index (κ1) is 106. The Hall–Kier alpha value is -14.1. The number of aromatic nitrogens is 12. The van der Waals surface area contributed by atoms with Gasteiger partial charge in [0.15, 0.2) is 17.1 Å². The van der Waals surface area contributed by atoms with Gasteiger partial charge in [0.25, 0.3) is 32.7 Å². The number of benzene rings is 9. The van der Waals surface area contributed by atoms with Gasteiger partial charge >= 0.3 is 5.69 Å². The number of hydrogen-bond donors (Lipinski definition) is 10. The Labute approximate surface area is 799 Å². The molecule has 0 saturated carbocycles. The van der Waals surface area contributed by atoms with E-state index in [1.165, 1.54) is 103 Å². The number of carbonyl (C=O) groups excluding carboxylic acids is 1. The van der Waals surface area contributed by atoms with Gasteiger partial charge in [-0.15, -0.1) is 30.7 Å². The smallest absolute Gasteiger partial charge is 0.351 e. The number of amides is 1. The fraction of sp³-hybridized carbons (Fsp3) is 0.134. The lowest BCUT2D eigenvalue weighted by Gasteiger charge is -2.12. The van der Waals surface area contributed by atoms with Crippen LogP contribution in [-0.4, -0.2) is 126 Å². The van der Waals surface area contributed by atoms with E-state index in [9.17, 15) is 71.3 Å². The zero-order valence-corrected chi connectivity index (χ0v) is 75.6. The molecule has 135 heavy (non-hydrogen) atoms. The number of unbranched alkanes of at least 4 members (excludes halogenated alkanes) is 3. The van der Waals surface area contributed by atoms with Gasteiger partial charge < -0.3 is 46.8 Å². The molecule has 15 rings (SSSR count). The molecule has 1 aliphatic heterocycles. The standard InChI is InChI=1S/C30H30ClN9O5S.C18H11Cl3N8O4S.C15H12ClN5O4S.C9H7ClN2O.C7H10N2O3S.3CH4/c1-2-3-4-5-8-19-11-13-20(14-12-19)33-28-35-29(37-30(42)36-28)34-21-15-16-26(46(43,44)45)23(17-21)38-39-24-18-32-40(27(24)41)25-10-7-6-9-22(25)31;19-10-3-1-2-4-13(10)29-15(30)12(8-22-29)28-27-11-7-9(5-6-14(11)34(31,32)33)23-18-25-16(20)24-17(21)26-18;16-10-3-1-2-4-13(10)21-15(22)12(8-18-21)20-19-11-7-9(17)5-6-14(11)26(23,24)25;10-7-3-1-2-4-8(7)12-9(13)5-6-11-12;1-12-13(10,11)7-3-2-5(8)4-6(7)9;;;/h6-7,9-18,32H,2-5,8H2,1H3,(H,43,44,45)(H3,33,34,35,36,37,42);1-8,22H,(H,31,32,33)(H,23,24,25,26);1-8,18H,17H2,(H,23,24,25);1-4,6H,5H2;2-4H,8-9H2,1H3;3*1H4/p-3. The van der Waals surface area contributed by atoms with E-state index in [-0.39, 0.29) is 118 Å². The van der Waals surface area contributed by atoms with Crippen LogP contribution < -0.4 is 60.5 Å². The number of hydrazone groups is 1. The minimum absolute atomic E-state index is 0. The van der Waals surface area contributed by atoms with Crippen LogP contribution in [0.5, 0.6) is 0 Å². The molecular formula is C82H79Cl6N26O17S4-3. The molecule has 53 heteroatoms. The van der Waals surface area contributed by atoms with E-state index >= 15 is 0 Å². The minimum Gasteiger partial charge on any atom is -0.744 e. The molecule has 14 aromatic rings. The number of para-hydroxylation sites is 4. The van der Waals surface area contributed by atoms with E-state index in [2.05, 4.69) is 108 Å². The highest BCUT2D eigenvalue weighted by molar-refractivity contribution is 7.87. The molecule has 0 saturated heterocycles. The number of nitrogens with zero attached hydrogens (tertiary/aromatic N) is 16. The molecule has 0 unspecified atom stereocenters. The van der Waals surface area contributed by atoms with Crippen LogP contribution in [0.15, 0.2) is 287 Å². The number of halogens is 6. The minimum atomic E-state index is -4.97. The van der Waals surface area contributed by atoms with E-state index in [0.717, 1.165) is 52.2 Å². The Kier molecular flexibility index (Phi) is 37.4. The number of nitrogens with one attached hydrogen (secondary N) is 7. The first-order chi connectivity index (χ1) is 62.7. The van der Waals surface area contributed by atoms with E-state index < -0.39 is 77.5 Å². The SMILES string of the molecule is C.C.C.CCCCCCc1ccc(Nc2nc(Nc3ccc(S(=O)(=O)[O-])c(N=Nc4c[nH]n(-c5ccccc5Cl)c4=O)c3)[nH]c(=O)n2)cc1.COS(=O)(=O)c1ccc(N)cc1N.Nc1ccc(S(=O)(=O)[O-])c(N=Nc2c[nH]n(-c3ccccc3Cl)c2=O)c1.O=C1CC=NN1c1ccccc1Cl.O=c1c(N=Nc2cc(Nc3nc(Cl)nc(Cl)n3)ccc2S(=O)(=O)[O-])c[nH]n1-c1ccccc1Cl. The molecule has 708 valence electrons. The molecule has 0 fully saturated rings. The molecule has 0 radical (unpaired) electrons. The zero-order valence-electron chi connectivity index (χ0n) is 67.8. The second kappa shape index (κ2) is 47.5. The van der Waals surface area contributed by atoms with Crippen LogP contribution in [0, 0.1) is 0 Å². The van der Waals surface area contributed by atoms with Crippen LogP contribution in [-0.2, 0) is 55.9 Å². The molecular weight excluding hydrogens is 1960 g/mol. The van der Waals surface area contributed by atoms with Crippen LogP contribution in [0.2, 0.25) is 30.7 Å². The predicted octanol–water partition coefficient (Wildman–Crippen LogP) is 17.5. The van der Waals surface area contributed by atoms with Crippen molar-refractivity contribution in [2.45, 2.75) is 87.3 Å². The number of aromatic amines is 4. The van der Waals surface area contributed by atoms with Gasteiger partial charge in [0.2, 0.25) is 28.4 Å². The number of azo groups is 3. The number of anilines is 10. The summed E-state index contributed by atoms with van der Waals surface area (Å²) in [5.74, 6) is -0.0984. The number of hydrogen-bond acceptors (Lipinski definition) is 35. The number of H-pyrrole nitrogens is 4. The molecule has 0 aliphatic carbocycles. The largest absolute Gasteiger partial charge is 0.744 e. The number of carbonyl (C=O) groups is 1. The van der Waals surface area contributed by atoms with Crippen LogP contribution in [0.4, 0.5) is 91.8 Å². The fourth-order valence-corrected chi connectivity index (χ4v) is 15.3. The van der Waals surface area contributed by atoms with Crippen molar-refractivity contribution in [2.75, 3.05) is 45.3 Å². The van der Waals surface area contributed by atoms with Gasteiger partial charge in [-0.3, -0.25) is 43.6 Å². The fourth-order valence-electron chi connectivity index (χ4n) is 11.5. The van der Waals surface area contributed by atoms with Gasteiger partial charge in [-0.25, -0.2) is 44.1 Å². The molecule has 13 N–H and O–H groups in total. The summed E-state index contributed by atoms with van der Waals surface area (Å²) < 4.78 is 135. The predicted molar refractivity (Wildman–Crippen MR) is 513 cm³/mol. The average Bonchev–Trinajstić information content (AvgIpc) is 1.73. The van der Waals surface area contributed by atoms with Crippen molar-refractivity contribution in [1.82, 2.24) is 59.2 Å². The van der Waals surface area contributed by atoms with Crippen LogP contribution in [0.25, 0.3) is 17.1 Å². The van der Waals surface area contributed by atoms with E-state index in [1.807, 2.05) is 36.4 Å². The second-order valence-corrected chi connectivity index (χ2v) is 34.8.